The molecule has 0 bridgehead atoms. The van der Waals surface area contributed by atoms with E-state index in [0.29, 0.717) is 29.2 Å². The molecule has 1 N–H and O–H groups in total. The molecule has 1 aromatic heterocycles. The summed E-state index contributed by atoms with van der Waals surface area (Å²) in [5.41, 5.74) is 2.19. The van der Waals surface area contributed by atoms with Crippen molar-refractivity contribution in [3.63, 3.8) is 0 Å². The van der Waals surface area contributed by atoms with Crippen molar-refractivity contribution >= 4 is 11.6 Å². The fourth-order valence-electron chi connectivity index (χ4n) is 2.91. The average Bonchev–Trinajstić information content (AvgIpc) is 3.33. The lowest BCUT2D eigenvalue weighted by molar-refractivity contribution is -0.384. The van der Waals surface area contributed by atoms with Gasteiger partial charge in [-0.2, -0.15) is 4.98 Å². The van der Waals surface area contributed by atoms with E-state index >= 15 is 0 Å². The fourth-order valence-corrected chi connectivity index (χ4v) is 2.91. The average molecular weight is 430 g/mol. The van der Waals surface area contributed by atoms with Crippen molar-refractivity contribution in [2.75, 3.05) is 6.61 Å². The normalized spacial score (nSPS) is 10.5. The van der Waals surface area contributed by atoms with Crippen LogP contribution in [0.4, 0.5) is 5.69 Å². The number of rotatable bonds is 8. The van der Waals surface area contributed by atoms with Crippen LogP contribution in [0.25, 0.3) is 22.8 Å². The highest BCUT2D eigenvalue weighted by Gasteiger charge is 2.13. The maximum Gasteiger partial charge on any atom is 0.269 e. The molecule has 0 aliphatic carbocycles. The summed E-state index contributed by atoms with van der Waals surface area (Å²) in [7, 11) is 0. The van der Waals surface area contributed by atoms with Gasteiger partial charge >= 0.3 is 0 Å². The zero-order valence-electron chi connectivity index (χ0n) is 16.8. The van der Waals surface area contributed by atoms with Crippen LogP contribution in [0.5, 0.6) is 5.75 Å². The van der Waals surface area contributed by atoms with E-state index in [9.17, 15) is 14.9 Å². The summed E-state index contributed by atoms with van der Waals surface area (Å²) >= 11 is 0. The van der Waals surface area contributed by atoms with Gasteiger partial charge in [-0.15, -0.1) is 0 Å². The lowest BCUT2D eigenvalue weighted by atomic mass is 10.2. The van der Waals surface area contributed by atoms with Crippen LogP contribution in [0, 0.1) is 10.1 Å². The van der Waals surface area contributed by atoms with Gasteiger partial charge < -0.3 is 14.6 Å². The fraction of sp³-hybridized carbons (Fsp3) is 0.0870. The van der Waals surface area contributed by atoms with E-state index in [0.717, 1.165) is 5.56 Å². The molecule has 0 aliphatic rings. The molecule has 4 aromatic rings. The van der Waals surface area contributed by atoms with Crippen LogP contribution in [0.1, 0.15) is 5.56 Å². The predicted octanol–water partition coefficient (Wildman–Crippen LogP) is 4.01. The third-order valence-electron chi connectivity index (χ3n) is 4.55. The maximum atomic E-state index is 12.1. The molecule has 1 heterocycles. The molecule has 0 spiro atoms. The van der Waals surface area contributed by atoms with Crippen molar-refractivity contribution < 1.29 is 19.0 Å². The predicted molar refractivity (Wildman–Crippen MR) is 116 cm³/mol. The number of nitro groups is 1. The first-order chi connectivity index (χ1) is 15.6. The van der Waals surface area contributed by atoms with Crippen LogP contribution in [0.2, 0.25) is 0 Å². The summed E-state index contributed by atoms with van der Waals surface area (Å²) in [5, 5.41) is 17.6. The van der Waals surface area contributed by atoms with E-state index in [-0.39, 0.29) is 24.1 Å². The standard InChI is InChI=1S/C23H18N4O5/c28-21(24-14-16-5-2-1-3-6-16)15-31-20-8-4-7-18(13-20)22-25-23(32-26-22)17-9-11-19(12-10-17)27(29)30/h1-13H,14-15H2,(H,24,28). The van der Waals surface area contributed by atoms with Crippen LogP contribution >= 0.6 is 0 Å². The van der Waals surface area contributed by atoms with Gasteiger partial charge in [0.2, 0.25) is 5.82 Å². The van der Waals surface area contributed by atoms with E-state index in [1.54, 1.807) is 36.4 Å². The van der Waals surface area contributed by atoms with Crippen molar-refractivity contribution in [3.8, 4) is 28.6 Å². The molecular weight excluding hydrogens is 412 g/mol. The second-order valence-corrected chi connectivity index (χ2v) is 6.81. The van der Waals surface area contributed by atoms with Gasteiger partial charge in [0.15, 0.2) is 6.61 Å². The Kier molecular flexibility index (Phi) is 6.17. The number of nitrogens with one attached hydrogen (secondary N) is 1. The van der Waals surface area contributed by atoms with Crippen LogP contribution in [-0.2, 0) is 11.3 Å². The van der Waals surface area contributed by atoms with Crippen molar-refractivity contribution in [1.82, 2.24) is 15.5 Å². The van der Waals surface area contributed by atoms with Crippen LogP contribution in [0.15, 0.2) is 83.4 Å². The van der Waals surface area contributed by atoms with E-state index < -0.39 is 4.92 Å². The van der Waals surface area contributed by atoms with Gasteiger partial charge in [0.1, 0.15) is 5.75 Å². The number of hydrogen-bond donors (Lipinski definition) is 1. The minimum atomic E-state index is -0.476. The van der Waals surface area contributed by atoms with E-state index in [1.807, 2.05) is 30.3 Å². The lowest BCUT2D eigenvalue weighted by Crippen LogP contribution is -2.28. The van der Waals surface area contributed by atoms with Crippen LogP contribution in [0.3, 0.4) is 0 Å². The van der Waals surface area contributed by atoms with Gasteiger partial charge in [0, 0.05) is 29.8 Å². The van der Waals surface area contributed by atoms with Crippen LogP contribution < -0.4 is 10.1 Å². The molecule has 0 saturated carbocycles. The molecule has 160 valence electrons. The number of ether oxygens (including phenoxy) is 1. The third kappa shape index (κ3) is 5.14. The number of benzene rings is 3. The first kappa shape index (κ1) is 20.7. The molecule has 3 aromatic carbocycles. The van der Waals surface area contributed by atoms with Gasteiger partial charge in [-0.3, -0.25) is 14.9 Å². The summed E-state index contributed by atoms with van der Waals surface area (Å²) in [6.07, 6.45) is 0. The Bertz CT molecular complexity index is 1220. The number of nitro benzene ring substituents is 1. The Morgan fingerprint density at radius 1 is 1.00 bits per heavy atom. The zero-order chi connectivity index (χ0) is 22.3. The molecule has 0 fully saturated rings. The maximum absolute atomic E-state index is 12.1. The van der Waals surface area contributed by atoms with E-state index in [4.69, 9.17) is 9.26 Å². The van der Waals surface area contributed by atoms with Gasteiger partial charge in [-0.05, 0) is 29.8 Å². The Balaban J connectivity index is 1.37. The largest absolute Gasteiger partial charge is 0.484 e. The number of nitrogens with zero attached hydrogens (tertiary/aromatic N) is 3. The van der Waals surface area contributed by atoms with Crippen molar-refractivity contribution in [2.24, 2.45) is 0 Å². The SMILES string of the molecule is O=C(COc1cccc(-c2noc(-c3ccc([N+](=O)[O-])cc3)n2)c1)NCc1ccccc1. The summed E-state index contributed by atoms with van der Waals surface area (Å²) in [4.78, 5) is 26.7. The van der Waals surface area contributed by atoms with Crippen molar-refractivity contribution in [3.05, 3.63) is 94.5 Å². The highest BCUT2D eigenvalue weighted by molar-refractivity contribution is 5.77. The Morgan fingerprint density at radius 2 is 1.78 bits per heavy atom. The van der Waals surface area contributed by atoms with E-state index in [1.165, 1.54) is 12.1 Å². The lowest BCUT2D eigenvalue weighted by Gasteiger charge is -2.08. The number of amides is 1. The summed E-state index contributed by atoms with van der Waals surface area (Å²) < 4.78 is 10.9. The Hall–Kier alpha value is -4.53. The van der Waals surface area contributed by atoms with Crippen LogP contribution in [-0.4, -0.2) is 27.6 Å². The highest BCUT2D eigenvalue weighted by Crippen LogP contribution is 2.26. The molecule has 9 heteroatoms. The smallest absolute Gasteiger partial charge is 0.269 e. The molecular formula is C23H18N4O5. The zero-order valence-corrected chi connectivity index (χ0v) is 16.8. The molecule has 9 nitrogen and oxygen atoms in total. The topological polar surface area (TPSA) is 120 Å². The Labute approximate surface area is 182 Å². The van der Waals surface area contributed by atoms with Crippen molar-refractivity contribution in [1.29, 1.82) is 0 Å². The number of hydrogen-bond acceptors (Lipinski definition) is 7. The monoisotopic (exact) mass is 430 g/mol. The minimum absolute atomic E-state index is 0.0221. The summed E-state index contributed by atoms with van der Waals surface area (Å²) in [6, 6.07) is 22.4. The number of carbonyl (C=O) groups excluding carboxylic acids is 1. The summed E-state index contributed by atoms with van der Waals surface area (Å²) in [5.74, 6) is 0.817. The number of non-ortho nitro benzene ring substituents is 1. The molecule has 1 amide bonds. The number of aromatic nitrogens is 2. The molecule has 4 rings (SSSR count). The first-order valence-corrected chi connectivity index (χ1v) is 9.71. The highest BCUT2D eigenvalue weighted by atomic mass is 16.6. The van der Waals surface area contributed by atoms with Gasteiger partial charge in [0.05, 0.1) is 4.92 Å². The van der Waals surface area contributed by atoms with Gasteiger partial charge in [-0.25, -0.2) is 0 Å². The summed E-state index contributed by atoms with van der Waals surface area (Å²) in [6.45, 7) is 0.300. The molecule has 0 unspecified atom stereocenters. The van der Waals surface area contributed by atoms with E-state index in [2.05, 4.69) is 15.5 Å². The van der Waals surface area contributed by atoms with Crippen molar-refractivity contribution in [2.45, 2.75) is 6.54 Å². The minimum Gasteiger partial charge on any atom is -0.484 e. The number of carbonyl (C=O) groups is 1. The molecule has 32 heavy (non-hydrogen) atoms. The first-order valence-electron chi connectivity index (χ1n) is 9.71. The Morgan fingerprint density at radius 3 is 2.53 bits per heavy atom. The van der Waals surface area contributed by atoms with Gasteiger partial charge in [-0.1, -0.05) is 47.6 Å². The second kappa shape index (κ2) is 9.52. The van der Waals surface area contributed by atoms with Gasteiger partial charge in [0.25, 0.3) is 17.5 Å². The second-order valence-electron chi connectivity index (χ2n) is 6.81. The molecule has 0 saturated heterocycles. The molecule has 0 atom stereocenters. The molecule has 0 aliphatic heterocycles. The quantitative estimate of drug-likeness (QED) is 0.331. The third-order valence-corrected chi connectivity index (χ3v) is 4.55. The molecule has 0 radical (unpaired) electrons.